The number of aliphatic hydroxyl groups excluding tert-OH is 1. The van der Waals surface area contributed by atoms with Crippen LogP contribution in [0, 0.1) is 0 Å². The third-order valence-electron chi connectivity index (χ3n) is 18.3. The average molecular weight is 1490 g/mol. The number of phosphoric acid groups is 2. The minimum atomic E-state index is -4.98. The van der Waals surface area contributed by atoms with Gasteiger partial charge in [0.15, 0.2) is 12.2 Å². The van der Waals surface area contributed by atoms with Gasteiger partial charge in [0.25, 0.3) is 0 Å². The molecule has 3 N–H and O–H groups in total. The van der Waals surface area contributed by atoms with E-state index >= 15 is 0 Å². The van der Waals surface area contributed by atoms with E-state index in [0.29, 0.717) is 32.1 Å². The summed E-state index contributed by atoms with van der Waals surface area (Å²) in [7, 11) is -9.95. The van der Waals surface area contributed by atoms with E-state index in [-0.39, 0.29) is 25.7 Å². The summed E-state index contributed by atoms with van der Waals surface area (Å²) >= 11 is 0. The van der Waals surface area contributed by atoms with Crippen LogP contribution in [0.2, 0.25) is 0 Å². The molecule has 102 heavy (non-hydrogen) atoms. The summed E-state index contributed by atoms with van der Waals surface area (Å²) in [5.74, 6) is -2.19. The molecule has 0 aliphatic carbocycles. The SMILES string of the molecule is CCCCC/C=C\C/C=C\C/C=C\C/C=C\CCCC(=O)OC[C@H](COP(=O)(O)OC[C@@H](O)COP(=O)(O)OC[C@@H](COC(=O)CCCCCCCCCCCCCCCCCCC)OC(=O)CCCCCCCCCCCCCCCCC)OC(=O)CCCCCCCCCCCCCCC. The van der Waals surface area contributed by atoms with Crippen molar-refractivity contribution in [3.05, 3.63) is 48.6 Å². The molecule has 5 atom stereocenters. The molecule has 0 amide bonds. The fourth-order valence-electron chi connectivity index (χ4n) is 11.9. The molecule has 2 unspecified atom stereocenters. The first-order valence-electron chi connectivity index (χ1n) is 41.9. The zero-order valence-corrected chi connectivity index (χ0v) is 67.3. The van der Waals surface area contributed by atoms with Crippen molar-refractivity contribution in [1.29, 1.82) is 0 Å². The lowest BCUT2D eigenvalue weighted by Crippen LogP contribution is -2.30. The Morgan fingerprint density at radius 1 is 0.275 bits per heavy atom. The molecule has 0 bridgehead atoms. The Bertz CT molecular complexity index is 2120. The molecular formula is C83H154O17P2. The molecule has 0 saturated carbocycles. The number of aliphatic hydroxyl groups is 1. The van der Waals surface area contributed by atoms with Gasteiger partial charge in [-0.25, -0.2) is 9.13 Å². The number of carbonyl (C=O) groups excluding carboxylic acids is 4. The van der Waals surface area contributed by atoms with Crippen LogP contribution in [0.15, 0.2) is 48.6 Å². The van der Waals surface area contributed by atoms with Crippen LogP contribution in [0.3, 0.4) is 0 Å². The summed E-state index contributed by atoms with van der Waals surface area (Å²) in [6.07, 6.45) is 75.1. The monoisotopic (exact) mass is 1490 g/mol. The molecule has 0 aromatic carbocycles. The normalized spacial score (nSPS) is 14.1. The Morgan fingerprint density at radius 2 is 0.490 bits per heavy atom. The van der Waals surface area contributed by atoms with Crippen LogP contribution in [-0.2, 0) is 65.4 Å². The maximum Gasteiger partial charge on any atom is 0.472 e. The van der Waals surface area contributed by atoms with Crippen molar-refractivity contribution >= 4 is 39.5 Å². The molecule has 0 fully saturated rings. The quantitative estimate of drug-likeness (QED) is 0.0169. The van der Waals surface area contributed by atoms with Gasteiger partial charge in [-0.2, -0.15) is 0 Å². The Hall–Kier alpha value is -2.98. The van der Waals surface area contributed by atoms with Crippen LogP contribution in [0.1, 0.15) is 400 Å². The van der Waals surface area contributed by atoms with Crippen molar-refractivity contribution in [2.75, 3.05) is 39.6 Å². The highest BCUT2D eigenvalue weighted by molar-refractivity contribution is 7.47. The van der Waals surface area contributed by atoms with Crippen molar-refractivity contribution in [2.45, 2.75) is 418 Å². The first kappa shape index (κ1) is 99.0. The van der Waals surface area contributed by atoms with Crippen molar-refractivity contribution in [3.8, 4) is 0 Å². The second-order valence-corrected chi connectivity index (χ2v) is 31.4. The van der Waals surface area contributed by atoms with Crippen LogP contribution >= 0.6 is 15.6 Å². The van der Waals surface area contributed by atoms with Gasteiger partial charge in [0.05, 0.1) is 26.4 Å². The second kappa shape index (κ2) is 76.2. The lowest BCUT2D eigenvalue weighted by atomic mass is 10.0. The highest BCUT2D eigenvalue weighted by atomic mass is 31.2. The van der Waals surface area contributed by atoms with Gasteiger partial charge >= 0.3 is 39.5 Å². The molecule has 17 nitrogen and oxygen atoms in total. The summed E-state index contributed by atoms with van der Waals surface area (Å²) in [5, 5.41) is 10.6. The number of hydrogen-bond acceptors (Lipinski definition) is 15. The molecule has 0 spiro atoms. The smallest absolute Gasteiger partial charge is 0.462 e. The van der Waals surface area contributed by atoms with E-state index < -0.39 is 97.5 Å². The maximum atomic E-state index is 13.1. The van der Waals surface area contributed by atoms with Gasteiger partial charge in [0, 0.05) is 25.7 Å². The van der Waals surface area contributed by atoms with E-state index in [9.17, 15) is 43.2 Å². The molecule has 0 radical (unpaired) electrons. The fraction of sp³-hybridized carbons (Fsp3) is 0.855. The summed E-state index contributed by atoms with van der Waals surface area (Å²) in [4.78, 5) is 73.1. The first-order valence-corrected chi connectivity index (χ1v) is 44.9. The van der Waals surface area contributed by atoms with Gasteiger partial charge in [0.2, 0.25) is 0 Å². The van der Waals surface area contributed by atoms with Crippen LogP contribution in [0.4, 0.5) is 0 Å². The molecule has 0 aliphatic rings. The minimum absolute atomic E-state index is 0.0910. The van der Waals surface area contributed by atoms with E-state index in [1.54, 1.807) is 0 Å². The number of rotatable bonds is 80. The molecule has 0 heterocycles. The van der Waals surface area contributed by atoms with Gasteiger partial charge in [-0.3, -0.25) is 37.3 Å². The zero-order valence-electron chi connectivity index (χ0n) is 65.6. The second-order valence-electron chi connectivity index (χ2n) is 28.4. The third kappa shape index (κ3) is 75.3. The number of unbranched alkanes of at least 4 members (excludes halogenated alkanes) is 46. The molecule has 598 valence electrons. The number of esters is 4. The lowest BCUT2D eigenvalue weighted by molar-refractivity contribution is -0.161. The summed E-state index contributed by atoms with van der Waals surface area (Å²) < 4.78 is 68.7. The topological polar surface area (TPSA) is 237 Å². The van der Waals surface area contributed by atoms with E-state index in [4.69, 9.17) is 37.0 Å². The third-order valence-corrected chi connectivity index (χ3v) is 20.2. The van der Waals surface area contributed by atoms with Crippen LogP contribution in [0.25, 0.3) is 0 Å². The molecule has 0 aromatic heterocycles. The predicted octanol–water partition coefficient (Wildman–Crippen LogP) is 24.5. The molecule has 0 rings (SSSR count). The van der Waals surface area contributed by atoms with Crippen molar-refractivity contribution < 1.29 is 80.2 Å². The van der Waals surface area contributed by atoms with Gasteiger partial charge in [-0.05, 0) is 64.2 Å². The number of allylic oxidation sites excluding steroid dienone is 8. The van der Waals surface area contributed by atoms with Crippen LogP contribution < -0.4 is 0 Å². The minimum Gasteiger partial charge on any atom is -0.462 e. The first-order chi connectivity index (χ1) is 49.7. The fourth-order valence-corrected chi connectivity index (χ4v) is 13.5. The highest BCUT2D eigenvalue weighted by Crippen LogP contribution is 2.45. The van der Waals surface area contributed by atoms with E-state index in [0.717, 1.165) is 96.3 Å². The Kier molecular flexibility index (Phi) is 74.0. The Labute approximate surface area is 623 Å². The largest absolute Gasteiger partial charge is 0.472 e. The highest BCUT2D eigenvalue weighted by Gasteiger charge is 2.30. The standard InChI is InChI=1S/C83H154O17P2/c1-5-9-13-17-21-25-29-33-36-38-41-44-47-51-55-59-63-67-80(85)93-73-78(99-82(87)69-65-61-57-53-49-43-32-28-24-20-16-12-8-4)75-97-101(89,90)95-71-77(84)72-96-102(91,92)98-76-79(100-83(88)70-66-62-58-54-50-46-40-35-31-27-23-19-15-11-7-3)74-94-81(86)68-64-60-56-52-48-45-42-39-37-34-30-26-22-18-14-10-6-2/h21,25,33,36,41,44,51,55,77-79,84H,5-20,22-24,26-32,34-35,37-40,42-43,45-50,52-54,56-76H2,1-4H3,(H,89,90)(H,91,92)/b25-21-,36-33-,44-41-,55-51-/t77-,78-,79-/m1/s1. The van der Waals surface area contributed by atoms with Gasteiger partial charge in [-0.1, -0.05) is 359 Å². The van der Waals surface area contributed by atoms with Crippen molar-refractivity contribution in [3.63, 3.8) is 0 Å². The van der Waals surface area contributed by atoms with Crippen LogP contribution in [0.5, 0.6) is 0 Å². The Morgan fingerprint density at radius 3 is 0.775 bits per heavy atom. The lowest BCUT2D eigenvalue weighted by Gasteiger charge is -2.21. The molecule has 19 heteroatoms. The molecule has 0 saturated heterocycles. The molecule has 0 aliphatic heterocycles. The van der Waals surface area contributed by atoms with Gasteiger partial charge in [-0.15, -0.1) is 0 Å². The maximum absolute atomic E-state index is 13.1. The number of ether oxygens (including phenoxy) is 4. The average Bonchev–Trinajstić information content (AvgIpc) is 0.908. The Balaban J connectivity index is 5.33. The zero-order chi connectivity index (χ0) is 74.6. The predicted molar refractivity (Wildman–Crippen MR) is 418 cm³/mol. The van der Waals surface area contributed by atoms with E-state index in [1.807, 2.05) is 12.2 Å². The summed E-state index contributed by atoms with van der Waals surface area (Å²) in [5.41, 5.74) is 0. The van der Waals surface area contributed by atoms with Crippen molar-refractivity contribution in [2.24, 2.45) is 0 Å². The van der Waals surface area contributed by atoms with Gasteiger partial charge < -0.3 is 33.8 Å². The van der Waals surface area contributed by atoms with Crippen LogP contribution in [-0.4, -0.2) is 96.7 Å². The van der Waals surface area contributed by atoms with Gasteiger partial charge in [0.1, 0.15) is 19.3 Å². The molecular weight excluding hydrogens is 1330 g/mol. The summed E-state index contributed by atoms with van der Waals surface area (Å²) in [6.45, 7) is 4.90. The van der Waals surface area contributed by atoms with E-state index in [1.165, 1.54) is 218 Å². The number of hydrogen-bond donors (Lipinski definition) is 3. The summed E-state index contributed by atoms with van der Waals surface area (Å²) in [6, 6.07) is 0. The number of phosphoric ester groups is 2. The number of carbonyl (C=O) groups is 4. The van der Waals surface area contributed by atoms with E-state index in [2.05, 4.69) is 64.2 Å². The molecule has 0 aromatic rings. The van der Waals surface area contributed by atoms with Crippen molar-refractivity contribution in [1.82, 2.24) is 0 Å².